The Kier molecular flexibility index (Phi) is 9.18. The summed E-state index contributed by atoms with van der Waals surface area (Å²) in [5.41, 5.74) is 0. The molecule has 16 heavy (non-hydrogen) atoms. The van der Waals surface area contributed by atoms with Gasteiger partial charge in [0.1, 0.15) is 19.7 Å². The van der Waals surface area contributed by atoms with E-state index in [0.29, 0.717) is 0 Å². The standard InChI is InChI=1S/C8H2Cl8/c9-3(5(11)7(13)14)1-2-4(10)6(12)8(15)16/h3-4H/t3-,4-/m1/s1. The molecule has 0 unspecified atom stereocenters. The third kappa shape index (κ3) is 6.34. The Balaban J connectivity index is 4.78. The topological polar surface area (TPSA) is 0 Å². The minimum atomic E-state index is -0.883. The second-order valence-electron chi connectivity index (χ2n) is 2.23. The van der Waals surface area contributed by atoms with Crippen LogP contribution in [0, 0.1) is 11.8 Å². The number of halogens is 8. The molecule has 0 aromatic carbocycles. The lowest BCUT2D eigenvalue weighted by Crippen LogP contribution is -1.99. The Labute approximate surface area is 133 Å². The third-order valence-corrected chi connectivity index (χ3v) is 4.04. The quantitative estimate of drug-likeness (QED) is 0.408. The highest BCUT2D eigenvalue weighted by Gasteiger charge is 2.12. The second kappa shape index (κ2) is 8.46. The van der Waals surface area contributed by atoms with Gasteiger partial charge in [0.25, 0.3) is 0 Å². The maximum absolute atomic E-state index is 5.74. The van der Waals surface area contributed by atoms with Crippen molar-refractivity contribution < 1.29 is 0 Å². The van der Waals surface area contributed by atoms with Crippen LogP contribution in [0.4, 0.5) is 0 Å². The summed E-state index contributed by atoms with van der Waals surface area (Å²) in [7, 11) is 0. The van der Waals surface area contributed by atoms with Gasteiger partial charge in [-0.2, -0.15) is 0 Å². The fraction of sp³-hybridized carbons (Fsp3) is 0.250. The molecule has 0 aliphatic heterocycles. The van der Waals surface area contributed by atoms with Gasteiger partial charge >= 0.3 is 0 Å². The molecule has 0 saturated carbocycles. The normalized spacial score (nSPS) is 13.2. The molecule has 2 atom stereocenters. The Morgan fingerprint density at radius 1 is 0.625 bits per heavy atom. The van der Waals surface area contributed by atoms with Crippen LogP contribution in [0.3, 0.4) is 0 Å². The van der Waals surface area contributed by atoms with Crippen LogP contribution in [-0.2, 0) is 0 Å². The number of hydrogen-bond acceptors (Lipinski definition) is 0. The van der Waals surface area contributed by atoms with Gasteiger partial charge in [-0.25, -0.2) is 0 Å². The van der Waals surface area contributed by atoms with Crippen molar-refractivity contribution in [2.75, 3.05) is 0 Å². The predicted molar refractivity (Wildman–Crippen MR) is 76.2 cm³/mol. The Morgan fingerprint density at radius 2 is 0.875 bits per heavy atom. The average molecular weight is 382 g/mol. The van der Waals surface area contributed by atoms with E-state index in [9.17, 15) is 0 Å². The minimum absolute atomic E-state index is 0.00145. The summed E-state index contributed by atoms with van der Waals surface area (Å²) in [6.45, 7) is 0. The van der Waals surface area contributed by atoms with Gasteiger partial charge in [-0.05, 0) is 0 Å². The minimum Gasteiger partial charge on any atom is -0.102 e. The van der Waals surface area contributed by atoms with Gasteiger partial charge in [0, 0.05) is 0 Å². The number of allylic oxidation sites excluding steroid dienone is 2. The zero-order chi connectivity index (χ0) is 12.9. The molecule has 0 aromatic heterocycles. The van der Waals surface area contributed by atoms with Crippen LogP contribution < -0.4 is 0 Å². The highest BCUT2D eigenvalue weighted by Crippen LogP contribution is 2.26. The highest BCUT2D eigenvalue weighted by molar-refractivity contribution is 6.61. The first kappa shape index (κ1) is 17.4. The summed E-state index contributed by atoms with van der Waals surface area (Å²) in [6, 6.07) is 0. The first-order valence-electron chi connectivity index (χ1n) is 3.48. The van der Waals surface area contributed by atoms with E-state index in [1.165, 1.54) is 0 Å². The smallest absolute Gasteiger partial charge is 0.102 e. The van der Waals surface area contributed by atoms with Crippen molar-refractivity contribution in [3.05, 3.63) is 19.0 Å². The molecule has 0 radical (unpaired) electrons. The van der Waals surface area contributed by atoms with E-state index in [4.69, 9.17) is 92.8 Å². The summed E-state index contributed by atoms with van der Waals surface area (Å²) < 4.78 is -0.335. The van der Waals surface area contributed by atoms with Crippen LogP contribution in [0.25, 0.3) is 0 Å². The van der Waals surface area contributed by atoms with Crippen molar-refractivity contribution in [2.45, 2.75) is 10.8 Å². The number of rotatable bonds is 2. The van der Waals surface area contributed by atoms with Crippen molar-refractivity contribution in [3.63, 3.8) is 0 Å². The summed E-state index contributed by atoms with van der Waals surface area (Å²) in [5, 5.41) is -1.77. The maximum Gasteiger partial charge on any atom is 0.132 e. The van der Waals surface area contributed by atoms with Gasteiger partial charge in [-0.1, -0.05) is 81.4 Å². The van der Waals surface area contributed by atoms with E-state index in [1.54, 1.807) is 0 Å². The SMILES string of the molecule is ClC(Cl)=C(Cl)[C@H](Cl)C#C[C@@H](Cl)C(Cl)=C(Cl)Cl. The van der Waals surface area contributed by atoms with E-state index in [2.05, 4.69) is 11.8 Å². The first-order chi connectivity index (χ1) is 7.27. The molecule has 0 bridgehead atoms. The first-order valence-corrected chi connectivity index (χ1v) is 6.62. The molecule has 8 heteroatoms. The average Bonchev–Trinajstić information content (AvgIpc) is 2.22. The summed E-state index contributed by atoms with van der Waals surface area (Å²) in [6.07, 6.45) is 0. The zero-order valence-corrected chi connectivity index (χ0v) is 13.2. The maximum atomic E-state index is 5.74. The molecule has 0 fully saturated rings. The van der Waals surface area contributed by atoms with Crippen LogP contribution in [-0.4, -0.2) is 10.8 Å². The third-order valence-electron chi connectivity index (χ3n) is 1.14. The van der Waals surface area contributed by atoms with Crippen molar-refractivity contribution >= 4 is 92.8 Å². The van der Waals surface area contributed by atoms with Crippen LogP contribution in [0.1, 0.15) is 0 Å². The molecule has 0 amide bonds. The van der Waals surface area contributed by atoms with Gasteiger partial charge in [0.15, 0.2) is 0 Å². The second-order valence-corrected chi connectivity index (χ2v) is 5.82. The summed E-state index contributed by atoms with van der Waals surface area (Å²) in [4.78, 5) is 0. The van der Waals surface area contributed by atoms with E-state index in [0.717, 1.165) is 0 Å². The lowest BCUT2D eigenvalue weighted by Gasteiger charge is -2.01. The largest absolute Gasteiger partial charge is 0.132 e. The molecule has 0 rings (SSSR count). The highest BCUT2D eigenvalue weighted by atomic mass is 35.5. The van der Waals surface area contributed by atoms with Gasteiger partial charge in [0.2, 0.25) is 0 Å². The van der Waals surface area contributed by atoms with Gasteiger partial charge in [0.05, 0.1) is 10.1 Å². The lowest BCUT2D eigenvalue weighted by atomic mass is 10.3. The summed E-state index contributed by atoms with van der Waals surface area (Å²) >= 11 is 44.3. The Bertz CT molecular complexity index is 329. The van der Waals surface area contributed by atoms with Crippen molar-refractivity contribution in [1.82, 2.24) is 0 Å². The van der Waals surface area contributed by atoms with Crippen LogP contribution in [0.15, 0.2) is 19.0 Å². The van der Waals surface area contributed by atoms with E-state index in [-0.39, 0.29) is 19.0 Å². The van der Waals surface area contributed by atoms with Crippen molar-refractivity contribution in [3.8, 4) is 11.8 Å². The summed E-state index contributed by atoms with van der Waals surface area (Å²) in [5.74, 6) is 4.98. The van der Waals surface area contributed by atoms with Crippen LogP contribution in [0.2, 0.25) is 0 Å². The molecule has 0 aromatic rings. The van der Waals surface area contributed by atoms with Gasteiger partial charge < -0.3 is 0 Å². The van der Waals surface area contributed by atoms with Gasteiger partial charge in [-0.3, -0.25) is 0 Å². The number of alkyl halides is 2. The predicted octanol–water partition coefficient (Wildman–Crippen LogP) is 5.98. The van der Waals surface area contributed by atoms with Crippen molar-refractivity contribution in [2.24, 2.45) is 0 Å². The van der Waals surface area contributed by atoms with Crippen LogP contribution in [0.5, 0.6) is 0 Å². The Morgan fingerprint density at radius 3 is 1.06 bits per heavy atom. The molecule has 0 N–H and O–H groups in total. The molecular formula is C8H2Cl8. The Hall–Kier alpha value is 1.36. The molecule has 90 valence electrons. The monoisotopic (exact) mass is 378 g/mol. The molecule has 0 saturated heterocycles. The fourth-order valence-electron chi connectivity index (χ4n) is 0.465. The lowest BCUT2D eigenvalue weighted by molar-refractivity contribution is 1.38. The van der Waals surface area contributed by atoms with E-state index < -0.39 is 10.8 Å². The molecule has 0 spiro atoms. The van der Waals surface area contributed by atoms with Gasteiger partial charge in [-0.15, -0.1) is 23.2 Å². The fourth-order valence-corrected chi connectivity index (χ4v) is 1.58. The zero-order valence-electron chi connectivity index (χ0n) is 7.18. The molecule has 0 aliphatic rings. The van der Waals surface area contributed by atoms with Crippen molar-refractivity contribution in [1.29, 1.82) is 0 Å². The van der Waals surface area contributed by atoms with Crippen LogP contribution >= 0.6 is 92.8 Å². The van der Waals surface area contributed by atoms with E-state index in [1.807, 2.05) is 0 Å². The molecular weight excluding hydrogens is 380 g/mol. The molecule has 0 aliphatic carbocycles. The molecule has 0 nitrogen and oxygen atoms in total. The van der Waals surface area contributed by atoms with E-state index >= 15 is 0 Å². The number of hydrogen-bond donors (Lipinski definition) is 0. The molecule has 0 heterocycles.